The highest BCUT2D eigenvalue weighted by Crippen LogP contribution is 2.57. The molecule has 1 aliphatic carbocycles. The lowest BCUT2D eigenvalue weighted by molar-refractivity contribution is 0.0946. The molecule has 0 bridgehead atoms. The molecule has 1 aromatic rings. The van der Waals surface area contributed by atoms with Crippen molar-refractivity contribution in [3.05, 3.63) is 34.9 Å². The van der Waals surface area contributed by atoms with Crippen LogP contribution in [0.1, 0.15) is 47.8 Å². The van der Waals surface area contributed by atoms with Crippen molar-refractivity contribution in [1.82, 2.24) is 10.6 Å². The Morgan fingerprint density at radius 1 is 1.42 bits per heavy atom. The van der Waals surface area contributed by atoms with Crippen molar-refractivity contribution in [1.29, 1.82) is 0 Å². The van der Waals surface area contributed by atoms with E-state index in [2.05, 4.69) is 42.7 Å². The van der Waals surface area contributed by atoms with E-state index in [1.807, 2.05) is 7.05 Å². The summed E-state index contributed by atoms with van der Waals surface area (Å²) in [6.07, 6.45) is 2.20. The molecule has 0 spiro atoms. The molecule has 1 saturated carbocycles. The van der Waals surface area contributed by atoms with Crippen LogP contribution in [0.3, 0.4) is 0 Å². The van der Waals surface area contributed by atoms with Crippen molar-refractivity contribution in [2.75, 3.05) is 13.6 Å². The number of fused-ring (bicyclic) bond motifs is 1. The Bertz CT molecular complexity index is 521. The largest absolute Gasteiger partial charge is 0.352 e. The van der Waals surface area contributed by atoms with Crippen LogP contribution in [0, 0.1) is 11.3 Å². The number of nitrogens with one attached hydrogen (secondary N) is 2. The molecule has 3 nitrogen and oxygen atoms in total. The van der Waals surface area contributed by atoms with Gasteiger partial charge >= 0.3 is 0 Å². The number of benzene rings is 1. The van der Waals surface area contributed by atoms with E-state index in [0.717, 1.165) is 18.5 Å². The van der Waals surface area contributed by atoms with Crippen molar-refractivity contribution in [2.45, 2.75) is 32.7 Å². The van der Waals surface area contributed by atoms with E-state index in [0.29, 0.717) is 17.4 Å². The van der Waals surface area contributed by atoms with Gasteiger partial charge in [-0.2, -0.15) is 0 Å². The fourth-order valence-electron chi connectivity index (χ4n) is 3.30. The summed E-state index contributed by atoms with van der Waals surface area (Å²) in [4.78, 5) is 11.9. The van der Waals surface area contributed by atoms with E-state index < -0.39 is 0 Å². The van der Waals surface area contributed by atoms with Crippen molar-refractivity contribution < 1.29 is 4.79 Å². The van der Waals surface area contributed by atoms with Crippen LogP contribution in [0.4, 0.5) is 0 Å². The number of carbonyl (C=O) groups excluding carboxylic acids is 1. The van der Waals surface area contributed by atoms with Gasteiger partial charge in [-0.05, 0) is 48.4 Å². The van der Waals surface area contributed by atoms with Crippen LogP contribution in [0.2, 0.25) is 0 Å². The predicted octanol–water partition coefficient (Wildman–Crippen LogP) is 2.28. The maximum atomic E-state index is 11.9. The standard InChI is InChI=1S/C16H22N2O/c1-16(2)9-13(16)14(17-3)11-5-4-10-6-7-18-15(19)12(10)8-11/h4-5,8,13-14,17H,6-7,9H2,1-3H3,(H,18,19). The van der Waals surface area contributed by atoms with Gasteiger partial charge in [0.1, 0.15) is 0 Å². The minimum atomic E-state index is 0.0769. The number of hydrogen-bond acceptors (Lipinski definition) is 2. The quantitative estimate of drug-likeness (QED) is 0.873. The summed E-state index contributed by atoms with van der Waals surface area (Å²) in [7, 11) is 2.01. The smallest absolute Gasteiger partial charge is 0.251 e. The van der Waals surface area contributed by atoms with Gasteiger partial charge in [0.2, 0.25) is 0 Å². The third-order valence-corrected chi connectivity index (χ3v) is 4.72. The lowest BCUT2D eigenvalue weighted by Crippen LogP contribution is -2.32. The van der Waals surface area contributed by atoms with Gasteiger partial charge in [-0.1, -0.05) is 26.0 Å². The van der Waals surface area contributed by atoms with Gasteiger partial charge < -0.3 is 10.6 Å². The molecule has 2 aliphatic rings. The minimum absolute atomic E-state index is 0.0769. The van der Waals surface area contributed by atoms with Crippen molar-refractivity contribution in [3.8, 4) is 0 Å². The molecular formula is C16H22N2O. The van der Waals surface area contributed by atoms with Crippen molar-refractivity contribution in [3.63, 3.8) is 0 Å². The summed E-state index contributed by atoms with van der Waals surface area (Å²) in [5.74, 6) is 0.746. The van der Waals surface area contributed by atoms with E-state index in [9.17, 15) is 4.79 Å². The summed E-state index contributed by atoms with van der Waals surface area (Å²) < 4.78 is 0. The van der Waals surface area contributed by atoms with E-state index in [-0.39, 0.29) is 5.91 Å². The fourth-order valence-corrected chi connectivity index (χ4v) is 3.30. The van der Waals surface area contributed by atoms with Crippen LogP contribution in [-0.2, 0) is 6.42 Å². The summed E-state index contributed by atoms with van der Waals surface area (Å²) >= 11 is 0. The SMILES string of the molecule is CNC(c1ccc2c(c1)C(=O)NCC2)C1CC1(C)C. The predicted molar refractivity (Wildman–Crippen MR) is 76.2 cm³/mol. The molecule has 1 heterocycles. The van der Waals surface area contributed by atoms with Crippen LogP contribution >= 0.6 is 0 Å². The zero-order chi connectivity index (χ0) is 13.6. The van der Waals surface area contributed by atoms with Gasteiger partial charge in [0.15, 0.2) is 0 Å². The highest BCUT2D eigenvalue weighted by molar-refractivity contribution is 5.96. The average molecular weight is 258 g/mol. The van der Waals surface area contributed by atoms with Crippen molar-refractivity contribution >= 4 is 5.91 Å². The van der Waals surface area contributed by atoms with Gasteiger partial charge in [-0.3, -0.25) is 4.79 Å². The molecule has 0 aromatic heterocycles. The van der Waals surface area contributed by atoms with Crippen LogP contribution < -0.4 is 10.6 Å². The number of hydrogen-bond donors (Lipinski definition) is 2. The summed E-state index contributed by atoms with van der Waals surface area (Å²) in [5, 5.41) is 6.35. The normalized spacial score (nSPS) is 25.4. The molecular weight excluding hydrogens is 236 g/mol. The molecule has 2 unspecified atom stereocenters. The first-order valence-electron chi connectivity index (χ1n) is 7.11. The minimum Gasteiger partial charge on any atom is -0.352 e. The Morgan fingerprint density at radius 3 is 2.79 bits per heavy atom. The fraction of sp³-hybridized carbons (Fsp3) is 0.562. The molecule has 2 N–H and O–H groups in total. The van der Waals surface area contributed by atoms with Crippen molar-refractivity contribution in [2.24, 2.45) is 11.3 Å². The van der Waals surface area contributed by atoms with Gasteiger partial charge in [0, 0.05) is 18.2 Å². The number of rotatable bonds is 3. The van der Waals surface area contributed by atoms with E-state index in [1.54, 1.807) is 0 Å². The highest BCUT2D eigenvalue weighted by atomic mass is 16.1. The second kappa shape index (κ2) is 4.34. The maximum Gasteiger partial charge on any atom is 0.251 e. The molecule has 19 heavy (non-hydrogen) atoms. The second-order valence-corrected chi connectivity index (χ2v) is 6.49. The maximum absolute atomic E-state index is 11.9. The molecule has 3 rings (SSSR count). The zero-order valence-electron chi connectivity index (χ0n) is 11.9. The van der Waals surface area contributed by atoms with Gasteiger partial charge in [-0.25, -0.2) is 0 Å². The Kier molecular flexibility index (Phi) is 2.90. The van der Waals surface area contributed by atoms with Crippen LogP contribution in [0.5, 0.6) is 0 Å². The summed E-state index contributed by atoms with van der Waals surface area (Å²) in [5.41, 5.74) is 3.71. The van der Waals surface area contributed by atoms with Crippen LogP contribution in [-0.4, -0.2) is 19.5 Å². The van der Waals surface area contributed by atoms with E-state index in [4.69, 9.17) is 0 Å². The monoisotopic (exact) mass is 258 g/mol. The molecule has 1 fully saturated rings. The zero-order valence-corrected chi connectivity index (χ0v) is 11.9. The molecule has 1 amide bonds. The first-order chi connectivity index (χ1) is 9.03. The first-order valence-corrected chi connectivity index (χ1v) is 7.11. The third kappa shape index (κ3) is 2.16. The summed E-state index contributed by atoms with van der Waals surface area (Å²) in [6, 6.07) is 6.75. The Labute approximate surface area is 114 Å². The molecule has 3 heteroatoms. The average Bonchev–Trinajstić information content (AvgIpc) is 3.00. The molecule has 2 atom stereocenters. The van der Waals surface area contributed by atoms with E-state index in [1.165, 1.54) is 17.5 Å². The summed E-state index contributed by atoms with van der Waals surface area (Å²) in [6.45, 7) is 5.39. The first kappa shape index (κ1) is 12.7. The highest BCUT2D eigenvalue weighted by Gasteiger charge is 2.50. The molecule has 1 aliphatic heterocycles. The van der Waals surface area contributed by atoms with Gasteiger partial charge in [0.25, 0.3) is 5.91 Å². The molecule has 0 saturated heterocycles. The Morgan fingerprint density at radius 2 is 2.16 bits per heavy atom. The molecule has 102 valence electrons. The lowest BCUT2D eigenvalue weighted by Gasteiger charge is -2.22. The third-order valence-electron chi connectivity index (χ3n) is 4.72. The van der Waals surface area contributed by atoms with Crippen LogP contribution in [0.25, 0.3) is 0 Å². The molecule has 0 radical (unpaired) electrons. The Hall–Kier alpha value is -1.35. The number of amides is 1. The van der Waals surface area contributed by atoms with Gasteiger partial charge in [0.05, 0.1) is 0 Å². The number of carbonyl (C=O) groups is 1. The lowest BCUT2D eigenvalue weighted by atomic mass is 9.92. The topological polar surface area (TPSA) is 41.1 Å². The Balaban J connectivity index is 1.93. The second-order valence-electron chi connectivity index (χ2n) is 6.49. The molecule has 1 aromatic carbocycles. The van der Waals surface area contributed by atoms with Gasteiger partial charge in [-0.15, -0.1) is 0 Å². The van der Waals surface area contributed by atoms with E-state index >= 15 is 0 Å². The van der Waals surface area contributed by atoms with Crippen LogP contribution in [0.15, 0.2) is 18.2 Å².